The molecule has 2 aromatic heterocycles. The molecule has 6 nitrogen and oxygen atoms in total. The zero-order valence-corrected chi connectivity index (χ0v) is 15.0. The number of alkyl halides is 3. The molecule has 0 unspecified atom stereocenters. The number of halogens is 3. The van der Waals surface area contributed by atoms with Crippen LogP contribution in [0.3, 0.4) is 0 Å². The number of carbonyl (C=O) groups is 2. The minimum atomic E-state index is -4.48. The molecule has 0 saturated heterocycles. The Labute approximate surface area is 155 Å². The van der Waals surface area contributed by atoms with Crippen molar-refractivity contribution in [2.24, 2.45) is 0 Å². The molecule has 0 N–H and O–H groups in total. The largest absolute Gasteiger partial charge is 0.466 e. The van der Waals surface area contributed by atoms with Crippen molar-refractivity contribution in [3.05, 3.63) is 46.5 Å². The Hall–Kier alpha value is -2.88. The molecule has 10 heteroatoms. The van der Waals surface area contributed by atoms with Gasteiger partial charge in [-0.2, -0.15) is 18.3 Å². The van der Waals surface area contributed by atoms with Crippen LogP contribution in [0.2, 0.25) is 0 Å². The van der Waals surface area contributed by atoms with E-state index in [4.69, 9.17) is 4.74 Å². The van der Waals surface area contributed by atoms with E-state index in [1.54, 1.807) is 6.92 Å². The first-order valence-corrected chi connectivity index (χ1v) is 8.43. The number of hydrogen-bond donors (Lipinski definition) is 0. The average Bonchev–Trinajstić information content (AvgIpc) is 3.19. The van der Waals surface area contributed by atoms with Gasteiger partial charge >= 0.3 is 18.1 Å². The third-order valence-electron chi connectivity index (χ3n) is 3.71. The number of aryl methyl sites for hydroxylation is 1. The molecular formula is C17H13F3N2O4S. The fourth-order valence-electron chi connectivity index (χ4n) is 2.39. The monoisotopic (exact) mass is 398 g/mol. The minimum absolute atomic E-state index is 0.204. The lowest BCUT2D eigenvalue weighted by Crippen LogP contribution is -2.14. The van der Waals surface area contributed by atoms with Gasteiger partial charge in [0.05, 0.1) is 24.1 Å². The number of benzene rings is 1. The highest BCUT2D eigenvalue weighted by Crippen LogP contribution is 2.33. The summed E-state index contributed by atoms with van der Waals surface area (Å²) in [7, 11) is 1.17. The maximum absolute atomic E-state index is 13.0. The van der Waals surface area contributed by atoms with E-state index in [2.05, 4.69) is 9.84 Å². The molecule has 0 amide bonds. The summed E-state index contributed by atoms with van der Waals surface area (Å²) in [6.45, 7) is 1.16. The summed E-state index contributed by atoms with van der Waals surface area (Å²) in [5.74, 6) is -1.42. The average molecular weight is 398 g/mol. The molecule has 0 atom stereocenters. The van der Waals surface area contributed by atoms with E-state index in [-0.39, 0.29) is 10.6 Å². The van der Waals surface area contributed by atoms with Crippen LogP contribution in [0.1, 0.15) is 20.9 Å². The molecule has 0 spiro atoms. The highest BCUT2D eigenvalue weighted by molar-refractivity contribution is 7.20. The summed E-state index contributed by atoms with van der Waals surface area (Å²) in [6, 6.07) is 6.28. The third kappa shape index (κ3) is 3.80. The van der Waals surface area contributed by atoms with Gasteiger partial charge in [0, 0.05) is 5.39 Å². The van der Waals surface area contributed by atoms with Crippen molar-refractivity contribution in [1.29, 1.82) is 0 Å². The maximum Gasteiger partial charge on any atom is 0.416 e. The summed E-state index contributed by atoms with van der Waals surface area (Å²) in [5, 5.41) is 4.88. The van der Waals surface area contributed by atoms with Crippen LogP contribution in [0.5, 0.6) is 0 Å². The number of methoxy groups -OCH3 is 1. The van der Waals surface area contributed by atoms with Gasteiger partial charge in [-0.25, -0.2) is 14.3 Å². The number of esters is 2. The Bertz CT molecular complexity index is 1020. The number of aromatic nitrogens is 2. The standard InChI is InChI=1S/C17H13F3N2O4S/c1-9-12-7-13(16(24)26-8-14(23)25-2)27-15(12)22(21-9)11-5-3-4-10(6-11)17(18,19)20/h3-7H,8H2,1-2H3. The Morgan fingerprint density at radius 2 is 2.00 bits per heavy atom. The van der Waals surface area contributed by atoms with Crippen LogP contribution >= 0.6 is 11.3 Å². The van der Waals surface area contributed by atoms with Gasteiger partial charge < -0.3 is 9.47 Å². The smallest absolute Gasteiger partial charge is 0.416 e. The number of carbonyl (C=O) groups excluding carboxylic acids is 2. The fraction of sp³-hybridized carbons (Fsp3) is 0.235. The summed E-state index contributed by atoms with van der Waals surface area (Å²) in [4.78, 5) is 23.9. The zero-order chi connectivity index (χ0) is 19.8. The van der Waals surface area contributed by atoms with Gasteiger partial charge in [-0.15, -0.1) is 11.3 Å². The van der Waals surface area contributed by atoms with E-state index >= 15 is 0 Å². The minimum Gasteiger partial charge on any atom is -0.466 e. The van der Waals surface area contributed by atoms with E-state index < -0.39 is 30.3 Å². The lowest BCUT2D eigenvalue weighted by atomic mass is 10.2. The van der Waals surface area contributed by atoms with Crippen LogP contribution in [0.25, 0.3) is 15.9 Å². The quantitative estimate of drug-likeness (QED) is 0.626. The van der Waals surface area contributed by atoms with Gasteiger partial charge in [0.25, 0.3) is 0 Å². The third-order valence-corrected chi connectivity index (χ3v) is 4.80. The SMILES string of the molecule is COC(=O)COC(=O)c1cc2c(C)nn(-c3cccc(C(F)(F)F)c3)c2s1. The van der Waals surface area contributed by atoms with E-state index in [1.165, 1.54) is 30.0 Å². The van der Waals surface area contributed by atoms with E-state index in [1.807, 2.05) is 0 Å². The molecule has 0 aliphatic heterocycles. The number of thiophene rings is 1. The Morgan fingerprint density at radius 3 is 2.67 bits per heavy atom. The van der Waals surface area contributed by atoms with Gasteiger partial charge in [0.1, 0.15) is 9.71 Å². The lowest BCUT2D eigenvalue weighted by Gasteiger charge is -2.09. The van der Waals surface area contributed by atoms with Gasteiger partial charge in [-0.05, 0) is 31.2 Å². The molecule has 142 valence electrons. The lowest BCUT2D eigenvalue weighted by molar-refractivity contribution is -0.144. The van der Waals surface area contributed by atoms with Crippen molar-refractivity contribution in [2.75, 3.05) is 13.7 Å². The van der Waals surface area contributed by atoms with Gasteiger partial charge in [-0.1, -0.05) is 6.07 Å². The molecule has 3 aromatic rings. The van der Waals surface area contributed by atoms with Gasteiger partial charge in [0.15, 0.2) is 6.61 Å². The molecule has 0 aliphatic carbocycles. The Morgan fingerprint density at radius 1 is 1.26 bits per heavy atom. The van der Waals surface area contributed by atoms with Crippen LogP contribution in [0, 0.1) is 6.92 Å². The molecule has 0 fully saturated rings. The molecule has 0 bridgehead atoms. The normalized spacial score (nSPS) is 11.6. The van der Waals surface area contributed by atoms with Gasteiger partial charge in [-0.3, -0.25) is 0 Å². The van der Waals surface area contributed by atoms with Crippen molar-refractivity contribution >= 4 is 33.5 Å². The van der Waals surface area contributed by atoms with Crippen molar-refractivity contribution in [1.82, 2.24) is 9.78 Å². The summed E-state index contributed by atoms with van der Waals surface area (Å²) in [6.07, 6.45) is -4.48. The molecule has 1 aromatic carbocycles. The highest BCUT2D eigenvalue weighted by Gasteiger charge is 2.31. The Balaban J connectivity index is 1.98. The molecule has 27 heavy (non-hydrogen) atoms. The molecule has 3 rings (SSSR count). The summed E-state index contributed by atoms with van der Waals surface area (Å²) < 4.78 is 49.5. The summed E-state index contributed by atoms with van der Waals surface area (Å²) >= 11 is 1.01. The predicted octanol–water partition coefficient (Wildman–Crippen LogP) is 3.74. The van der Waals surface area contributed by atoms with Crippen molar-refractivity contribution in [3.8, 4) is 5.69 Å². The maximum atomic E-state index is 13.0. The Kier molecular flexibility index (Phi) is 4.92. The second-order valence-corrected chi connectivity index (χ2v) is 6.56. The van der Waals surface area contributed by atoms with Gasteiger partial charge in [0.2, 0.25) is 0 Å². The van der Waals surface area contributed by atoms with Crippen LogP contribution in [-0.4, -0.2) is 35.4 Å². The number of ether oxygens (including phenoxy) is 2. The summed E-state index contributed by atoms with van der Waals surface area (Å²) in [5.41, 5.74) is -0.0273. The molecule has 0 aliphatic rings. The predicted molar refractivity (Wildman–Crippen MR) is 91.0 cm³/mol. The van der Waals surface area contributed by atoms with Crippen LogP contribution < -0.4 is 0 Å². The number of rotatable bonds is 4. The number of hydrogen-bond acceptors (Lipinski definition) is 6. The molecule has 0 radical (unpaired) electrons. The second kappa shape index (κ2) is 7.03. The van der Waals surface area contributed by atoms with Crippen molar-refractivity contribution in [2.45, 2.75) is 13.1 Å². The van der Waals surface area contributed by atoms with Crippen LogP contribution in [0.15, 0.2) is 30.3 Å². The van der Waals surface area contributed by atoms with Crippen LogP contribution in [0.4, 0.5) is 13.2 Å². The number of nitrogens with zero attached hydrogens (tertiary/aromatic N) is 2. The number of fused-ring (bicyclic) bond motifs is 1. The van der Waals surface area contributed by atoms with E-state index in [0.717, 1.165) is 23.5 Å². The topological polar surface area (TPSA) is 70.4 Å². The van der Waals surface area contributed by atoms with Crippen LogP contribution in [-0.2, 0) is 20.4 Å². The zero-order valence-electron chi connectivity index (χ0n) is 14.2. The van der Waals surface area contributed by atoms with Crippen molar-refractivity contribution < 1.29 is 32.2 Å². The van der Waals surface area contributed by atoms with E-state index in [0.29, 0.717) is 15.9 Å². The fourth-order valence-corrected chi connectivity index (χ4v) is 3.47. The van der Waals surface area contributed by atoms with E-state index in [9.17, 15) is 22.8 Å². The molecule has 0 saturated carbocycles. The van der Waals surface area contributed by atoms with Crippen molar-refractivity contribution in [3.63, 3.8) is 0 Å². The first kappa shape index (κ1) is 18.9. The second-order valence-electron chi connectivity index (χ2n) is 5.53. The first-order chi connectivity index (χ1) is 12.7. The first-order valence-electron chi connectivity index (χ1n) is 7.61. The molecule has 2 heterocycles. The molecular weight excluding hydrogens is 385 g/mol. The highest BCUT2D eigenvalue weighted by atomic mass is 32.1.